The van der Waals surface area contributed by atoms with E-state index >= 15 is 0 Å². The third-order valence-electron chi connectivity index (χ3n) is 5.16. The number of amides is 1. The molecule has 2 aromatic carbocycles. The number of aryl methyl sites for hydroxylation is 3. The van der Waals surface area contributed by atoms with Gasteiger partial charge in [0.25, 0.3) is 0 Å². The molecule has 4 heteroatoms. The zero-order valence-corrected chi connectivity index (χ0v) is 16.6. The van der Waals surface area contributed by atoms with E-state index in [1.165, 1.54) is 16.7 Å². The Labute approximate surface area is 164 Å². The van der Waals surface area contributed by atoms with Gasteiger partial charge in [-0.1, -0.05) is 54.1 Å². The van der Waals surface area contributed by atoms with Crippen LogP contribution in [0.5, 0.6) is 0 Å². The van der Waals surface area contributed by atoms with Crippen molar-refractivity contribution < 1.29 is 4.79 Å². The van der Waals surface area contributed by atoms with Gasteiger partial charge in [-0.3, -0.25) is 4.79 Å². The molecule has 0 unspecified atom stereocenters. The molecule has 1 N–H and O–H groups in total. The van der Waals surface area contributed by atoms with Crippen LogP contribution in [0.4, 0.5) is 0 Å². The predicted molar refractivity (Wildman–Crippen MR) is 111 cm³/mol. The van der Waals surface area contributed by atoms with Crippen molar-refractivity contribution in [1.82, 2.24) is 10.3 Å². The molecule has 138 valence electrons. The summed E-state index contributed by atoms with van der Waals surface area (Å²) in [7, 11) is 0. The van der Waals surface area contributed by atoms with Crippen molar-refractivity contribution >= 4 is 17.2 Å². The molecule has 1 aliphatic carbocycles. The van der Waals surface area contributed by atoms with Crippen LogP contribution < -0.4 is 5.32 Å². The highest BCUT2D eigenvalue weighted by molar-refractivity contribution is 7.12. The maximum atomic E-state index is 12.8. The first-order chi connectivity index (χ1) is 13.1. The molecule has 0 radical (unpaired) electrons. The fraction of sp³-hybridized carbons (Fsp3) is 0.304. The third kappa shape index (κ3) is 3.96. The first-order valence-corrected chi connectivity index (χ1v) is 10.3. The molecule has 4 rings (SSSR count). The summed E-state index contributed by atoms with van der Waals surface area (Å²) in [6, 6.07) is 16.9. The summed E-state index contributed by atoms with van der Waals surface area (Å²) in [6.07, 6.45) is 3.62. The molecule has 1 heterocycles. The maximum Gasteiger partial charge on any atom is 0.225 e. The van der Waals surface area contributed by atoms with Gasteiger partial charge in [-0.15, -0.1) is 11.3 Å². The van der Waals surface area contributed by atoms with Crippen molar-refractivity contribution in [2.45, 2.75) is 45.6 Å². The Morgan fingerprint density at radius 2 is 1.93 bits per heavy atom. The van der Waals surface area contributed by atoms with E-state index in [0.717, 1.165) is 40.4 Å². The number of thiazole rings is 1. The van der Waals surface area contributed by atoms with Gasteiger partial charge < -0.3 is 5.32 Å². The minimum absolute atomic E-state index is 0.0775. The number of hydrogen-bond donors (Lipinski definition) is 1. The molecule has 0 spiro atoms. The monoisotopic (exact) mass is 376 g/mol. The van der Waals surface area contributed by atoms with Crippen LogP contribution in [0.3, 0.4) is 0 Å². The first kappa shape index (κ1) is 17.9. The summed E-state index contributed by atoms with van der Waals surface area (Å²) >= 11 is 1.62. The minimum atomic E-state index is 0.0775. The third-order valence-corrected chi connectivity index (χ3v) is 6.13. The van der Waals surface area contributed by atoms with Crippen LogP contribution >= 0.6 is 11.3 Å². The van der Waals surface area contributed by atoms with Crippen molar-refractivity contribution in [1.29, 1.82) is 0 Å². The molecule has 3 nitrogen and oxygen atoms in total. The number of hydrogen-bond acceptors (Lipinski definition) is 3. The summed E-state index contributed by atoms with van der Waals surface area (Å²) in [5.41, 5.74) is 5.88. The van der Waals surface area contributed by atoms with Crippen LogP contribution in [0.2, 0.25) is 0 Å². The number of carbonyl (C=O) groups excluding carboxylic acids is 1. The number of aromatic nitrogens is 1. The molecule has 0 aliphatic heterocycles. The highest BCUT2D eigenvalue weighted by Gasteiger charge is 2.22. The van der Waals surface area contributed by atoms with Gasteiger partial charge in [-0.05, 0) is 44.2 Å². The van der Waals surface area contributed by atoms with Gasteiger partial charge in [-0.2, -0.15) is 0 Å². The number of carbonyl (C=O) groups is 1. The quantitative estimate of drug-likeness (QED) is 0.683. The van der Waals surface area contributed by atoms with Gasteiger partial charge in [0.15, 0.2) is 0 Å². The Morgan fingerprint density at radius 3 is 2.74 bits per heavy atom. The van der Waals surface area contributed by atoms with E-state index in [-0.39, 0.29) is 11.9 Å². The second-order valence-corrected chi connectivity index (χ2v) is 8.55. The second-order valence-electron chi connectivity index (χ2n) is 7.26. The molecule has 0 bridgehead atoms. The number of rotatable bonds is 4. The molecular formula is C23H24N2OS. The summed E-state index contributed by atoms with van der Waals surface area (Å²) in [5, 5.41) is 4.26. The van der Waals surface area contributed by atoms with Gasteiger partial charge in [0.1, 0.15) is 0 Å². The summed E-state index contributed by atoms with van der Waals surface area (Å²) in [4.78, 5) is 18.5. The molecule has 27 heavy (non-hydrogen) atoms. The number of nitrogens with one attached hydrogen (secondary N) is 1. The number of nitrogens with zero attached hydrogens (tertiary/aromatic N) is 1. The highest BCUT2D eigenvalue weighted by Crippen LogP contribution is 2.31. The lowest BCUT2D eigenvalue weighted by atomic mass is 9.87. The Kier molecular flexibility index (Phi) is 5.08. The number of fused-ring (bicyclic) bond motifs is 1. The molecule has 1 atom stereocenters. The summed E-state index contributed by atoms with van der Waals surface area (Å²) in [5.74, 6) is 0.0775. The fourth-order valence-electron chi connectivity index (χ4n) is 3.82. The Hall–Kier alpha value is -2.46. The zero-order chi connectivity index (χ0) is 18.8. The minimum Gasteiger partial charge on any atom is -0.349 e. The lowest BCUT2D eigenvalue weighted by molar-refractivity contribution is -0.121. The van der Waals surface area contributed by atoms with Crippen LogP contribution in [-0.2, 0) is 17.6 Å². The second kappa shape index (κ2) is 7.65. The summed E-state index contributed by atoms with van der Waals surface area (Å²) < 4.78 is 0. The molecule has 3 aromatic rings. The normalized spacial score (nSPS) is 16.0. The number of benzene rings is 2. The van der Waals surface area contributed by atoms with Gasteiger partial charge in [-0.25, -0.2) is 4.98 Å². The molecular weight excluding hydrogens is 352 g/mol. The molecule has 1 amide bonds. The average molecular weight is 377 g/mol. The van der Waals surface area contributed by atoms with E-state index in [9.17, 15) is 4.79 Å². The van der Waals surface area contributed by atoms with Gasteiger partial charge in [0, 0.05) is 10.4 Å². The van der Waals surface area contributed by atoms with E-state index in [0.29, 0.717) is 6.42 Å². The molecule has 0 fully saturated rings. The van der Waals surface area contributed by atoms with Crippen molar-refractivity contribution in [2.24, 2.45) is 0 Å². The van der Waals surface area contributed by atoms with Gasteiger partial charge >= 0.3 is 0 Å². The average Bonchev–Trinajstić information content (AvgIpc) is 3.02. The van der Waals surface area contributed by atoms with Crippen molar-refractivity contribution in [3.05, 3.63) is 75.1 Å². The van der Waals surface area contributed by atoms with Crippen LogP contribution in [0.1, 0.15) is 45.5 Å². The largest absolute Gasteiger partial charge is 0.349 e. The van der Waals surface area contributed by atoms with Gasteiger partial charge in [0.05, 0.1) is 23.2 Å². The smallest absolute Gasteiger partial charge is 0.225 e. The Bertz CT molecular complexity index is 959. The van der Waals surface area contributed by atoms with Crippen LogP contribution in [0.25, 0.3) is 11.3 Å². The molecule has 0 saturated heterocycles. The Balaban J connectivity index is 1.52. The zero-order valence-electron chi connectivity index (χ0n) is 15.8. The van der Waals surface area contributed by atoms with Crippen LogP contribution in [-0.4, -0.2) is 10.9 Å². The van der Waals surface area contributed by atoms with Gasteiger partial charge in [0.2, 0.25) is 5.91 Å². The highest BCUT2D eigenvalue weighted by atomic mass is 32.1. The predicted octanol–water partition coefficient (Wildman–Crippen LogP) is 5.16. The van der Waals surface area contributed by atoms with E-state index < -0.39 is 0 Å². The topological polar surface area (TPSA) is 42.0 Å². The van der Waals surface area contributed by atoms with Crippen molar-refractivity contribution in [2.75, 3.05) is 0 Å². The standard InChI is InChI=1S/C23H24N2OS/c1-15-10-12-18(13-11-15)23-21(27-16(2)24-23)14-22(26)25-20-9-5-7-17-6-3-4-8-19(17)20/h3-4,6,8,10-13,20H,5,7,9,14H2,1-2H3,(H,25,26)/t20-/m1/s1. The lowest BCUT2D eigenvalue weighted by Gasteiger charge is -2.26. The lowest BCUT2D eigenvalue weighted by Crippen LogP contribution is -2.32. The molecule has 0 saturated carbocycles. The Morgan fingerprint density at radius 1 is 1.15 bits per heavy atom. The fourth-order valence-corrected chi connectivity index (χ4v) is 4.78. The maximum absolute atomic E-state index is 12.8. The van der Waals surface area contributed by atoms with Crippen molar-refractivity contribution in [3.8, 4) is 11.3 Å². The van der Waals surface area contributed by atoms with Crippen LogP contribution in [0, 0.1) is 13.8 Å². The first-order valence-electron chi connectivity index (χ1n) is 9.50. The SMILES string of the molecule is Cc1ccc(-c2nc(C)sc2CC(=O)N[C@@H]2CCCc3ccccc32)cc1. The van der Waals surface area contributed by atoms with E-state index in [1.54, 1.807) is 11.3 Å². The van der Waals surface area contributed by atoms with E-state index in [1.807, 2.05) is 6.92 Å². The molecule has 1 aliphatic rings. The van der Waals surface area contributed by atoms with E-state index in [4.69, 9.17) is 0 Å². The van der Waals surface area contributed by atoms with E-state index in [2.05, 4.69) is 65.8 Å². The molecule has 1 aromatic heterocycles. The summed E-state index contributed by atoms with van der Waals surface area (Å²) in [6.45, 7) is 4.08. The van der Waals surface area contributed by atoms with Crippen molar-refractivity contribution in [3.63, 3.8) is 0 Å². The van der Waals surface area contributed by atoms with Crippen LogP contribution in [0.15, 0.2) is 48.5 Å².